The number of nitrogens with one attached hydrogen (secondary N) is 1. The van der Waals surface area contributed by atoms with Crippen LogP contribution < -0.4 is 0 Å². The highest BCUT2D eigenvalue weighted by Crippen LogP contribution is 1.93. The van der Waals surface area contributed by atoms with Crippen molar-refractivity contribution >= 4 is 11.4 Å². The molecule has 0 aromatic rings. The van der Waals surface area contributed by atoms with Crippen molar-refractivity contribution in [1.82, 2.24) is 0 Å². The van der Waals surface area contributed by atoms with Gasteiger partial charge in [0.1, 0.15) is 0 Å². The van der Waals surface area contributed by atoms with Crippen LogP contribution in [-0.4, -0.2) is 18.5 Å². The monoisotopic (exact) mass is 120 g/mol. The first-order valence-electron chi connectivity index (χ1n) is 2.74. The summed E-state index contributed by atoms with van der Waals surface area (Å²) in [6, 6.07) is 0. The first-order valence-corrected chi connectivity index (χ1v) is 2.74. The molecule has 2 heteroatoms. The van der Waals surface area contributed by atoms with E-state index in [9.17, 15) is 0 Å². The first-order chi connectivity index (χ1) is 4.33. The molecule has 1 aliphatic carbocycles. The Morgan fingerprint density at radius 1 is 1.22 bits per heavy atom. The minimum absolute atomic E-state index is 0.530. The van der Waals surface area contributed by atoms with Crippen LogP contribution in [-0.2, 0) is 0 Å². The molecule has 1 N–H and O–H groups in total. The van der Waals surface area contributed by atoms with E-state index in [0.29, 0.717) is 5.71 Å². The van der Waals surface area contributed by atoms with Crippen LogP contribution in [0, 0.1) is 5.41 Å². The van der Waals surface area contributed by atoms with Crippen molar-refractivity contribution in [2.75, 3.05) is 7.05 Å². The minimum atomic E-state index is 0.530. The van der Waals surface area contributed by atoms with Crippen molar-refractivity contribution in [3.05, 3.63) is 24.3 Å². The van der Waals surface area contributed by atoms with Crippen molar-refractivity contribution in [1.29, 1.82) is 5.41 Å². The third kappa shape index (κ3) is 1.35. The van der Waals surface area contributed by atoms with Gasteiger partial charge in [0, 0.05) is 7.05 Å². The van der Waals surface area contributed by atoms with Gasteiger partial charge in [-0.2, -0.15) is 0 Å². The number of nitrogens with zero attached hydrogens (tertiary/aromatic N) is 1. The molecule has 0 atom stereocenters. The van der Waals surface area contributed by atoms with Crippen LogP contribution in [0.2, 0.25) is 0 Å². The van der Waals surface area contributed by atoms with Crippen molar-refractivity contribution < 1.29 is 0 Å². The molecule has 2 nitrogen and oxygen atoms in total. The summed E-state index contributed by atoms with van der Waals surface area (Å²) < 4.78 is 0. The molecule has 0 aliphatic heterocycles. The maximum atomic E-state index is 7.13. The zero-order chi connectivity index (χ0) is 6.69. The van der Waals surface area contributed by atoms with E-state index in [1.807, 2.05) is 12.2 Å². The highest BCUT2D eigenvalue weighted by Gasteiger charge is 1.93. The molecule has 0 aromatic carbocycles. The predicted molar refractivity (Wildman–Crippen MR) is 39.4 cm³/mol. The lowest BCUT2D eigenvalue weighted by Gasteiger charge is -1.96. The van der Waals surface area contributed by atoms with E-state index in [2.05, 4.69) is 4.99 Å². The molecule has 0 amide bonds. The van der Waals surface area contributed by atoms with Crippen molar-refractivity contribution in [2.45, 2.75) is 0 Å². The second kappa shape index (κ2) is 2.40. The zero-order valence-electron chi connectivity index (χ0n) is 5.26. The standard InChI is InChI=1S/C7H8N2/c1-9-7-4-2-6(8)3-5-7/h2-5,8H,1H3. The van der Waals surface area contributed by atoms with Crippen LogP contribution in [0.25, 0.3) is 0 Å². The van der Waals surface area contributed by atoms with Gasteiger partial charge in [0.25, 0.3) is 0 Å². The average Bonchev–Trinajstić information content (AvgIpc) is 1.90. The van der Waals surface area contributed by atoms with Crippen LogP contribution in [0.15, 0.2) is 29.3 Å². The van der Waals surface area contributed by atoms with Crippen LogP contribution in [0.4, 0.5) is 0 Å². The van der Waals surface area contributed by atoms with Gasteiger partial charge >= 0.3 is 0 Å². The minimum Gasteiger partial charge on any atom is -0.301 e. The lowest BCUT2D eigenvalue weighted by molar-refractivity contribution is 1.45. The van der Waals surface area contributed by atoms with E-state index in [-0.39, 0.29) is 0 Å². The van der Waals surface area contributed by atoms with E-state index in [1.165, 1.54) is 0 Å². The Kier molecular flexibility index (Phi) is 1.58. The summed E-state index contributed by atoms with van der Waals surface area (Å²) in [6.45, 7) is 0. The van der Waals surface area contributed by atoms with Crippen molar-refractivity contribution in [3.8, 4) is 0 Å². The summed E-state index contributed by atoms with van der Waals surface area (Å²) in [5.74, 6) is 0. The molecule has 46 valence electrons. The Morgan fingerprint density at radius 3 is 2.22 bits per heavy atom. The van der Waals surface area contributed by atoms with Crippen LogP contribution in [0.1, 0.15) is 0 Å². The molecular weight excluding hydrogens is 112 g/mol. The molecule has 0 heterocycles. The molecule has 0 fully saturated rings. The number of rotatable bonds is 0. The van der Waals surface area contributed by atoms with E-state index in [4.69, 9.17) is 5.41 Å². The van der Waals surface area contributed by atoms with E-state index < -0.39 is 0 Å². The van der Waals surface area contributed by atoms with Gasteiger partial charge < -0.3 is 5.41 Å². The summed E-state index contributed by atoms with van der Waals surface area (Å²) >= 11 is 0. The topological polar surface area (TPSA) is 36.2 Å². The summed E-state index contributed by atoms with van der Waals surface area (Å²) in [5.41, 5.74) is 1.45. The second-order valence-corrected chi connectivity index (χ2v) is 1.77. The maximum Gasteiger partial charge on any atom is 0.0572 e. The smallest absolute Gasteiger partial charge is 0.0572 e. The largest absolute Gasteiger partial charge is 0.301 e. The maximum absolute atomic E-state index is 7.13. The van der Waals surface area contributed by atoms with Gasteiger partial charge in [-0.05, 0) is 24.3 Å². The summed E-state index contributed by atoms with van der Waals surface area (Å²) in [7, 11) is 1.74. The molecule has 1 aliphatic rings. The average molecular weight is 120 g/mol. The highest BCUT2D eigenvalue weighted by molar-refractivity contribution is 6.17. The van der Waals surface area contributed by atoms with E-state index in [1.54, 1.807) is 19.2 Å². The van der Waals surface area contributed by atoms with Gasteiger partial charge in [-0.15, -0.1) is 0 Å². The van der Waals surface area contributed by atoms with Crippen LogP contribution >= 0.6 is 0 Å². The fraction of sp³-hybridized carbons (Fsp3) is 0.143. The molecule has 0 bridgehead atoms. The van der Waals surface area contributed by atoms with Crippen LogP contribution in [0.5, 0.6) is 0 Å². The second-order valence-electron chi connectivity index (χ2n) is 1.77. The first kappa shape index (κ1) is 5.95. The highest BCUT2D eigenvalue weighted by atomic mass is 14.7. The quantitative estimate of drug-likeness (QED) is 0.466. The van der Waals surface area contributed by atoms with E-state index in [0.717, 1.165) is 5.71 Å². The van der Waals surface area contributed by atoms with Gasteiger partial charge in [-0.25, -0.2) is 0 Å². The van der Waals surface area contributed by atoms with E-state index >= 15 is 0 Å². The molecular formula is C7H8N2. The predicted octanol–water partition coefficient (Wildman–Crippen LogP) is 1.20. The normalized spacial score (nSPS) is 16.6. The lowest BCUT2D eigenvalue weighted by atomic mass is 10.1. The SMILES string of the molecule is CN=C1C=CC(=N)C=C1. The van der Waals surface area contributed by atoms with Gasteiger partial charge in [-0.3, -0.25) is 4.99 Å². The van der Waals surface area contributed by atoms with Crippen molar-refractivity contribution in [3.63, 3.8) is 0 Å². The fourth-order valence-electron chi connectivity index (χ4n) is 0.611. The Morgan fingerprint density at radius 2 is 1.78 bits per heavy atom. The Balaban J connectivity index is 2.82. The van der Waals surface area contributed by atoms with Gasteiger partial charge in [0.2, 0.25) is 0 Å². The molecule has 0 unspecified atom stereocenters. The lowest BCUT2D eigenvalue weighted by Crippen LogP contribution is -1.97. The number of allylic oxidation sites excluding steroid dienone is 4. The number of aliphatic imine (C=N–C) groups is 1. The third-order valence-corrected chi connectivity index (χ3v) is 1.13. The van der Waals surface area contributed by atoms with Gasteiger partial charge in [0.15, 0.2) is 0 Å². The van der Waals surface area contributed by atoms with Gasteiger partial charge in [-0.1, -0.05) is 0 Å². The molecule has 0 aromatic heterocycles. The van der Waals surface area contributed by atoms with Crippen LogP contribution in [0.3, 0.4) is 0 Å². The molecule has 0 spiro atoms. The summed E-state index contributed by atoms with van der Waals surface area (Å²) in [4.78, 5) is 3.93. The number of hydrogen-bond donors (Lipinski definition) is 1. The summed E-state index contributed by atoms with van der Waals surface area (Å²) in [6.07, 6.45) is 7.09. The molecule has 0 saturated heterocycles. The Labute approximate surface area is 54.1 Å². The third-order valence-electron chi connectivity index (χ3n) is 1.13. The zero-order valence-corrected chi connectivity index (χ0v) is 5.26. The van der Waals surface area contributed by atoms with Gasteiger partial charge in [0.05, 0.1) is 11.4 Å². The fourth-order valence-corrected chi connectivity index (χ4v) is 0.611. The summed E-state index contributed by atoms with van der Waals surface area (Å²) in [5, 5.41) is 7.13. The van der Waals surface area contributed by atoms with Crippen molar-refractivity contribution in [2.24, 2.45) is 4.99 Å². The molecule has 1 rings (SSSR count). The Bertz CT molecular complexity index is 191. The number of hydrogen-bond acceptors (Lipinski definition) is 2. The molecule has 0 radical (unpaired) electrons. The molecule has 0 saturated carbocycles. The Hall–Kier alpha value is -1.18. The molecule has 9 heavy (non-hydrogen) atoms.